The van der Waals surface area contributed by atoms with Gasteiger partial charge in [0, 0.05) is 22.9 Å². The molecule has 2 atom stereocenters. The molecule has 1 aromatic heterocycles. The van der Waals surface area contributed by atoms with Crippen molar-refractivity contribution in [2.75, 3.05) is 11.5 Å². The van der Waals surface area contributed by atoms with Gasteiger partial charge in [-0.15, -0.1) is 0 Å². The fourth-order valence-electron chi connectivity index (χ4n) is 3.46. The van der Waals surface area contributed by atoms with Crippen molar-refractivity contribution in [3.63, 3.8) is 0 Å². The largest absolute Gasteiger partial charge is 0.399 e. The molecule has 2 aromatic rings. The molecular weight excluding hydrogens is 278 g/mol. The number of nitrogens with two attached hydrogens (primary N) is 1. The van der Waals surface area contributed by atoms with Crippen LogP contribution in [-0.4, -0.2) is 20.6 Å². The minimum atomic E-state index is 0.441. The molecule has 114 valence electrons. The first-order valence-corrected chi connectivity index (χ1v) is 9.04. The maximum absolute atomic E-state index is 5.92. The van der Waals surface area contributed by atoms with Crippen molar-refractivity contribution in [3.8, 4) is 0 Å². The van der Waals surface area contributed by atoms with Gasteiger partial charge in [-0.3, -0.25) is 0 Å². The number of anilines is 1. The summed E-state index contributed by atoms with van der Waals surface area (Å²) in [4.78, 5) is 4.86. The van der Waals surface area contributed by atoms with Crippen LogP contribution in [0.2, 0.25) is 0 Å². The van der Waals surface area contributed by atoms with E-state index in [1.165, 1.54) is 36.4 Å². The molecule has 21 heavy (non-hydrogen) atoms. The molecule has 0 radical (unpaired) electrons. The quantitative estimate of drug-likeness (QED) is 0.840. The molecule has 1 aliphatic carbocycles. The number of hydrogen-bond donors (Lipinski definition) is 1. The molecule has 0 bridgehead atoms. The molecule has 1 heterocycles. The molecular formula is C17H25N3S. The van der Waals surface area contributed by atoms with Crippen LogP contribution in [0.15, 0.2) is 18.2 Å². The third-order valence-corrected chi connectivity index (χ3v) is 5.61. The summed E-state index contributed by atoms with van der Waals surface area (Å²) < 4.78 is 2.50. The Kier molecular flexibility index (Phi) is 4.16. The summed E-state index contributed by atoms with van der Waals surface area (Å²) in [6.45, 7) is 6.72. The summed E-state index contributed by atoms with van der Waals surface area (Å²) in [5.41, 5.74) is 9.02. The van der Waals surface area contributed by atoms with Crippen LogP contribution in [-0.2, 0) is 0 Å². The first-order valence-electron chi connectivity index (χ1n) is 7.99. The standard InChI is InChI=1S/C17H25N3S/c1-4-21-14-7-6-13(10-14)20-16-8-5-12(18)9-15(16)19-17(20)11(2)3/h5,8-9,11,13-14H,4,6-7,10,18H2,1-3H3. The van der Waals surface area contributed by atoms with E-state index < -0.39 is 0 Å². The van der Waals surface area contributed by atoms with Crippen LogP contribution in [0.25, 0.3) is 11.0 Å². The zero-order chi connectivity index (χ0) is 15.0. The number of thioether (sulfide) groups is 1. The maximum Gasteiger partial charge on any atom is 0.112 e. The highest BCUT2D eigenvalue weighted by Crippen LogP contribution is 2.40. The second kappa shape index (κ2) is 5.91. The Morgan fingerprint density at radius 3 is 2.90 bits per heavy atom. The van der Waals surface area contributed by atoms with Crippen LogP contribution in [0.3, 0.4) is 0 Å². The van der Waals surface area contributed by atoms with Crippen molar-refractivity contribution in [1.29, 1.82) is 0 Å². The van der Waals surface area contributed by atoms with Gasteiger partial charge in [-0.1, -0.05) is 20.8 Å². The van der Waals surface area contributed by atoms with Crippen LogP contribution < -0.4 is 5.73 Å². The normalized spacial score (nSPS) is 22.5. The second-order valence-corrected chi connectivity index (χ2v) is 7.86. The van der Waals surface area contributed by atoms with E-state index in [4.69, 9.17) is 10.7 Å². The van der Waals surface area contributed by atoms with E-state index in [0.29, 0.717) is 12.0 Å². The fraction of sp³-hybridized carbons (Fsp3) is 0.588. The highest BCUT2D eigenvalue weighted by Gasteiger charge is 2.29. The van der Waals surface area contributed by atoms with Crippen LogP contribution in [0, 0.1) is 0 Å². The SMILES string of the molecule is CCSC1CCC(n2c(C(C)C)nc3cc(N)ccc32)C1. The fourth-order valence-corrected chi connectivity index (χ4v) is 4.60. The molecule has 1 aromatic carbocycles. The van der Waals surface area contributed by atoms with E-state index in [9.17, 15) is 0 Å². The number of benzene rings is 1. The van der Waals surface area contributed by atoms with Gasteiger partial charge in [-0.05, 0) is 43.2 Å². The Morgan fingerprint density at radius 1 is 1.38 bits per heavy atom. The predicted octanol–water partition coefficient (Wildman–Crippen LogP) is 4.59. The van der Waals surface area contributed by atoms with Gasteiger partial charge in [0.15, 0.2) is 0 Å². The van der Waals surface area contributed by atoms with Gasteiger partial charge in [-0.2, -0.15) is 11.8 Å². The van der Waals surface area contributed by atoms with Gasteiger partial charge < -0.3 is 10.3 Å². The van der Waals surface area contributed by atoms with Crippen molar-refractivity contribution in [1.82, 2.24) is 9.55 Å². The Bertz CT molecular complexity index is 632. The first-order chi connectivity index (χ1) is 10.1. The van der Waals surface area contributed by atoms with Crippen LogP contribution in [0.1, 0.15) is 57.8 Å². The molecule has 3 nitrogen and oxygen atoms in total. The number of nitrogen functional groups attached to an aromatic ring is 1. The Balaban J connectivity index is 2.02. The summed E-state index contributed by atoms with van der Waals surface area (Å²) in [7, 11) is 0. The van der Waals surface area contributed by atoms with Crippen molar-refractivity contribution in [2.24, 2.45) is 0 Å². The van der Waals surface area contributed by atoms with E-state index in [0.717, 1.165) is 16.5 Å². The molecule has 0 saturated heterocycles. The molecule has 0 aliphatic heterocycles. The number of imidazole rings is 1. The lowest BCUT2D eigenvalue weighted by molar-refractivity contribution is 0.500. The number of fused-ring (bicyclic) bond motifs is 1. The highest BCUT2D eigenvalue weighted by atomic mass is 32.2. The molecule has 1 fully saturated rings. The van der Waals surface area contributed by atoms with Gasteiger partial charge in [0.2, 0.25) is 0 Å². The van der Waals surface area contributed by atoms with E-state index in [1.807, 2.05) is 12.1 Å². The predicted molar refractivity (Wildman–Crippen MR) is 93.0 cm³/mol. The van der Waals surface area contributed by atoms with Crippen molar-refractivity contribution >= 4 is 28.5 Å². The molecule has 2 unspecified atom stereocenters. The van der Waals surface area contributed by atoms with Crippen LogP contribution in [0.4, 0.5) is 5.69 Å². The summed E-state index contributed by atoms with van der Waals surface area (Å²) >= 11 is 2.11. The van der Waals surface area contributed by atoms with Crippen molar-refractivity contribution < 1.29 is 0 Å². The van der Waals surface area contributed by atoms with Gasteiger partial charge in [0.05, 0.1) is 11.0 Å². The average Bonchev–Trinajstić information content (AvgIpc) is 3.02. The molecule has 2 N–H and O–H groups in total. The average molecular weight is 303 g/mol. The highest BCUT2D eigenvalue weighted by molar-refractivity contribution is 7.99. The third kappa shape index (κ3) is 2.78. The molecule has 1 aliphatic rings. The van der Waals surface area contributed by atoms with Crippen LogP contribution >= 0.6 is 11.8 Å². The zero-order valence-electron chi connectivity index (χ0n) is 13.2. The third-order valence-electron chi connectivity index (χ3n) is 4.38. The minimum Gasteiger partial charge on any atom is -0.399 e. The molecule has 0 amide bonds. The lowest BCUT2D eigenvalue weighted by atomic mass is 10.1. The minimum absolute atomic E-state index is 0.441. The van der Waals surface area contributed by atoms with Crippen molar-refractivity contribution in [2.45, 2.75) is 57.2 Å². The van der Waals surface area contributed by atoms with E-state index >= 15 is 0 Å². The molecule has 4 heteroatoms. The maximum atomic E-state index is 5.92. The van der Waals surface area contributed by atoms with Crippen LogP contribution in [0.5, 0.6) is 0 Å². The van der Waals surface area contributed by atoms with E-state index in [-0.39, 0.29) is 0 Å². The first kappa shape index (κ1) is 14.8. The van der Waals surface area contributed by atoms with E-state index in [2.05, 4.69) is 43.2 Å². The lowest BCUT2D eigenvalue weighted by Crippen LogP contribution is -2.11. The summed E-state index contributed by atoms with van der Waals surface area (Å²) in [5, 5.41) is 0.811. The Morgan fingerprint density at radius 2 is 2.19 bits per heavy atom. The number of rotatable bonds is 4. The number of aromatic nitrogens is 2. The Hall–Kier alpha value is -1.16. The lowest BCUT2D eigenvalue weighted by Gasteiger charge is -2.19. The zero-order valence-corrected chi connectivity index (χ0v) is 14.0. The van der Waals surface area contributed by atoms with E-state index in [1.54, 1.807) is 0 Å². The van der Waals surface area contributed by atoms with Gasteiger partial charge in [0.1, 0.15) is 5.82 Å². The van der Waals surface area contributed by atoms with Crippen molar-refractivity contribution in [3.05, 3.63) is 24.0 Å². The number of hydrogen-bond acceptors (Lipinski definition) is 3. The summed E-state index contributed by atoms with van der Waals surface area (Å²) in [5.74, 6) is 2.87. The molecule has 0 spiro atoms. The summed E-state index contributed by atoms with van der Waals surface area (Å²) in [6.07, 6.45) is 3.87. The van der Waals surface area contributed by atoms with Gasteiger partial charge in [-0.25, -0.2) is 4.98 Å². The Labute approximate surface area is 131 Å². The molecule has 3 rings (SSSR count). The van der Waals surface area contributed by atoms with Gasteiger partial charge in [0.25, 0.3) is 0 Å². The summed E-state index contributed by atoms with van der Waals surface area (Å²) in [6, 6.07) is 6.74. The molecule has 1 saturated carbocycles. The monoisotopic (exact) mass is 303 g/mol. The second-order valence-electron chi connectivity index (χ2n) is 6.29. The van der Waals surface area contributed by atoms with Gasteiger partial charge >= 0.3 is 0 Å². The smallest absolute Gasteiger partial charge is 0.112 e. The topological polar surface area (TPSA) is 43.8 Å². The number of nitrogens with zero attached hydrogens (tertiary/aromatic N) is 2.